The van der Waals surface area contributed by atoms with E-state index in [0.717, 1.165) is 5.56 Å². The van der Waals surface area contributed by atoms with Gasteiger partial charge >= 0.3 is 12.0 Å². The third-order valence-electron chi connectivity index (χ3n) is 4.61. The molecule has 2 N–H and O–H groups in total. The number of benzene rings is 1. The third kappa shape index (κ3) is 4.71. The van der Waals surface area contributed by atoms with Crippen molar-refractivity contribution in [2.24, 2.45) is 5.41 Å². The average molecular weight is 334 g/mol. The molecule has 1 saturated heterocycles. The maximum Gasteiger partial charge on any atom is 0.317 e. The van der Waals surface area contributed by atoms with Crippen LogP contribution in [0.3, 0.4) is 0 Å². The number of rotatable bonds is 7. The van der Waals surface area contributed by atoms with E-state index in [1.54, 1.807) is 12.0 Å². The molecule has 1 aromatic rings. The maximum atomic E-state index is 12.4. The SMILES string of the molecule is COCCC[C@]1(C(=O)O)CCCN(C(=O)NCc2ccccc2)C1. The first-order chi connectivity index (χ1) is 11.6. The first-order valence-electron chi connectivity index (χ1n) is 8.36. The number of amides is 2. The summed E-state index contributed by atoms with van der Waals surface area (Å²) in [6, 6.07) is 9.47. The molecule has 1 aromatic carbocycles. The van der Waals surface area contributed by atoms with Gasteiger partial charge in [0, 0.05) is 33.4 Å². The van der Waals surface area contributed by atoms with Crippen molar-refractivity contribution in [3.8, 4) is 0 Å². The van der Waals surface area contributed by atoms with Crippen LogP contribution in [0.25, 0.3) is 0 Å². The van der Waals surface area contributed by atoms with Crippen molar-refractivity contribution in [2.75, 3.05) is 26.8 Å². The number of likely N-dealkylation sites (tertiary alicyclic amines) is 1. The monoisotopic (exact) mass is 334 g/mol. The smallest absolute Gasteiger partial charge is 0.317 e. The standard InChI is InChI=1S/C18H26N2O4/c1-24-12-6-10-18(16(21)22)9-5-11-20(14-18)17(23)19-13-15-7-3-2-4-8-15/h2-4,7-8H,5-6,9-14H2,1H3,(H,19,23)(H,21,22)/t18-/m1/s1. The topological polar surface area (TPSA) is 78.9 Å². The molecule has 0 spiro atoms. The molecular weight excluding hydrogens is 308 g/mol. The highest BCUT2D eigenvalue weighted by Gasteiger charge is 2.43. The van der Waals surface area contributed by atoms with Gasteiger partial charge in [-0.05, 0) is 31.2 Å². The van der Waals surface area contributed by atoms with Crippen LogP contribution < -0.4 is 5.32 Å². The minimum atomic E-state index is -0.860. The molecule has 1 heterocycles. The summed E-state index contributed by atoms with van der Waals surface area (Å²) in [6.45, 7) is 1.84. The Morgan fingerprint density at radius 1 is 1.33 bits per heavy atom. The number of carboxylic acids is 1. The molecule has 0 unspecified atom stereocenters. The van der Waals surface area contributed by atoms with Crippen LogP contribution in [-0.2, 0) is 16.1 Å². The minimum absolute atomic E-state index is 0.198. The Morgan fingerprint density at radius 3 is 2.75 bits per heavy atom. The number of hydrogen-bond acceptors (Lipinski definition) is 3. The molecule has 6 nitrogen and oxygen atoms in total. The van der Waals surface area contributed by atoms with Gasteiger partial charge in [0.1, 0.15) is 0 Å². The lowest BCUT2D eigenvalue weighted by molar-refractivity contribution is -0.152. The van der Waals surface area contributed by atoms with Crippen LogP contribution in [0.2, 0.25) is 0 Å². The molecule has 1 atom stereocenters. The van der Waals surface area contributed by atoms with Crippen LogP contribution in [0, 0.1) is 5.41 Å². The van der Waals surface area contributed by atoms with Gasteiger partial charge in [0.05, 0.1) is 5.41 Å². The molecule has 24 heavy (non-hydrogen) atoms. The fraction of sp³-hybridized carbons (Fsp3) is 0.556. The van der Waals surface area contributed by atoms with E-state index >= 15 is 0 Å². The number of urea groups is 1. The van der Waals surface area contributed by atoms with Gasteiger partial charge in [0.2, 0.25) is 0 Å². The summed E-state index contributed by atoms with van der Waals surface area (Å²) < 4.78 is 5.03. The highest BCUT2D eigenvalue weighted by Crippen LogP contribution is 2.35. The van der Waals surface area contributed by atoms with Gasteiger partial charge in [-0.1, -0.05) is 30.3 Å². The van der Waals surface area contributed by atoms with Crippen molar-refractivity contribution in [3.63, 3.8) is 0 Å². The fourth-order valence-electron chi connectivity index (χ4n) is 3.23. The summed E-state index contributed by atoms with van der Waals surface area (Å²) in [4.78, 5) is 25.9. The summed E-state index contributed by atoms with van der Waals surface area (Å²) in [6.07, 6.45) is 2.52. The molecule has 132 valence electrons. The Morgan fingerprint density at radius 2 is 2.08 bits per heavy atom. The van der Waals surface area contributed by atoms with Crippen molar-refractivity contribution in [3.05, 3.63) is 35.9 Å². The van der Waals surface area contributed by atoms with Gasteiger partial charge < -0.3 is 20.1 Å². The van der Waals surface area contributed by atoms with Gasteiger partial charge in [-0.15, -0.1) is 0 Å². The van der Waals surface area contributed by atoms with Gasteiger partial charge in [-0.25, -0.2) is 4.79 Å². The molecule has 0 aliphatic carbocycles. The Balaban J connectivity index is 1.94. The second-order valence-electron chi connectivity index (χ2n) is 6.35. The van der Waals surface area contributed by atoms with Crippen LogP contribution in [0.1, 0.15) is 31.2 Å². The van der Waals surface area contributed by atoms with Gasteiger partial charge in [0.15, 0.2) is 0 Å². The van der Waals surface area contributed by atoms with E-state index in [0.29, 0.717) is 45.4 Å². The van der Waals surface area contributed by atoms with Crippen LogP contribution in [-0.4, -0.2) is 48.8 Å². The lowest BCUT2D eigenvalue weighted by atomic mass is 9.76. The zero-order valence-electron chi connectivity index (χ0n) is 14.2. The summed E-state index contributed by atoms with van der Waals surface area (Å²) in [7, 11) is 1.61. The van der Waals surface area contributed by atoms with Crippen molar-refractivity contribution in [2.45, 2.75) is 32.2 Å². The largest absolute Gasteiger partial charge is 0.481 e. The van der Waals surface area contributed by atoms with Crippen LogP contribution in [0.15, 0.2) is 30.3 Å². The van der Waals surface area contributed by atoms with E-state index in [2.05, 4.69) is 5.32 Å². The molecule has 2 amide bonds. The van der Waals surface area contributed by atoms with Crippen molar-refractivity contribution < 1.29 is 19.4 Å². The molecule has 0 saturated carbocycles. The summed E-state index contributed by atoms with van der Waals surface area (Å²) in [5, 5.41) is 12.6. The number of methoxy groups -OCH3 is 1. The van der Waals surface area contributed by atoms with Gasteiger partial charge in [0.25, 0.3) is 0 Å². The molecule has 1 fully saturated rings. The van der Waals surface area contributed by atoms with Crippen molar-refractivity contribution in [1.29, 1.82) is 0 Å². The van der Waals surface area contributed by atoms with Crippen molar-refractivity contribution >= 4 is 12.0 Å². The molecule has 0 bridgehead atoms. The summed E-state index contributed by atoms with van der Waals surface area (Å²) in [5.41, 5.74) is 0.161. The zero-order valence-corrected chi connectivity index (χ0v) is 14.2. The van der Waals surface area contributed by atoms with Crippen molar-refractivity contribution in [1.82, 2.24) is 10.2 Å². The number of carboxylic acid groups (broad SMARTS) is 1. The number of nitrogens with zero attached hydrogens (tertiary/aromatic N) is 1. The Kier molecular flexibility index (Phi) is 6.61. The molecule has 1 aliphatic heterocycles. The van der Waals surface area contributed by atoms with Crippen LogP contribution in [0.5, 0.6) is 0 Å². The molecule has 1 aliphatic rings. The second kappa shape index (κ2) is 8.68. The number of piperidine rings is 1. The average Bonchev–Trinajstić information content (AvgIpc) is 2.61. The normalized spacial score (nSPS) is 20.6. The third-order valence-corrected chi connectivity index (χ3v) is 4.61. The van der Waals surface area contributed by atoms with E-state index in [-0.39, 0.29) is 12.6 Å². The van der Waals surface area contributed by atoms with Crippen LogP contribution >= 0.6 is 0 Å². The number of carbonyl (C=O) groups excluding carboxylic acids is 1. The van der Waals surface area contributed by atoms with Crippen LogP contribution in [0.4, 0.5) is 4.79 Å². The second-order valence-corrected chi connectivity index (χ2v) is 6.35. The number of carbonyl (C=O) groups is 2. The lowest BCUT2D eigenvalue weighted by Gasteiger charge is -2.40. The van der Waals surface area contributed by atoms with E-state index < -0.39 is 11.4 Å². The van der Waals surface area contributed by atoms with E-state index in [1.807, 2.05) is 30.3 Å². The number of nitrogens with one attached hydrogen (secondary N) is 1. The first-order valence-corrected chi connectivity index (χ1v) is 8.36. The van der Waals surface area contributed by atoms with Gasteiger partial charge in [-0.2, -0.15) is 0 Å². The predicted octanol–water partition coefficient (Wildman–Crippen LogP) is 2.49. The highest BCUT2D eigenvalue weighted by molar-refractivity contribution is 5.78. The van der Waals surface area contributed by atoms with E-state index in [4.69, 9.17) is 4.74 Å². The summed E-state index contributed by atoms with van der Waals surface area (Å²) >= 11 is 0. The zero-order chi connectivity index (χ0) is 17.4. The molecular formula is C18H26N2O4. The molecule has 2 rings (SSSR count). The lowest BCUT2D eigenvalue weighted by Crippen LogP contribution is -2.52. The Labute approximate surface area is 142 Å². The van der Waals surface area contributed by atoms with E-state index in [1.165, 1.54) is 0 Å². The minimum Gasteiger partial charge on any atom is -0.481 e. The van der Waals surface area contributed by atoms with E-state index in [9.17, 15) is 14.7 Å². The molecule has 0 radical (unpaired) electrons. The number of aliphatic carboxylic acids is 1. The maximum absolute atomic E-state index is 12.4. The highest BCUT2D eigenvalue weighted by atomic mass is 16.5. The summed E-state index contributed by atoms with van der Waals surface area (Å²) in [5.74, 6) is -0.820. The first kappa shape index (κ1) is 18.3. The Hall–Kier alpha value is -2.08. The quantitative estimate of drug-likeness (QED) is 0.751. The Bertz CT molecular complexity index is 549. The molecule has 0 aromatic heterocycles. The van der Waals surface area contributed by atoms with Gasteiger partial charge in [-0.3, -0.25) is 4.79 Å². The number of hydrogen-bond donors (Lipinski definition) is 2. The predicted molar refractivity (Wildman–Crippen MR) is 90.7 cm³/mol. The molecule has 6 heteroatoms. The fourth-order valence-corrected chi connectivity index (χ4v) is 3.23. The number of ether oxygens (including phenoxy) is 1.